The zero-order valence-corrected chi connectivity index (χ0v) is 30.6. The van der Waals surface area contributed by atoms with Gasteiger partial charge in [-0.3, -0.25) is 4.79 Å². The van der Waals surface area contributed by atoms with Crippen LogP contribution < -0.4 is 19.5 Å². The fourth-order valence-corrected chi connectivity index (χ4v) is 7.19. The van der Waals surface area contributed by atoms with E-state index >= 15 is 0 Å². The van der Waals surface area contributed by atoms with Crippen molar-refractivity contribution in [2.45, 2.75) is 110 Å². The monoisotopic (exact) mass is 672 g/mol. The number of likely N-dealkylation sites (tertiary alicyclic amines) is 1. The van der Waals surface area contributed by atoms with E-state index in [1.807, 2.05) is 37.3 Å². The molecule has 0 radical (unpaired) electrons. The number of hydrogen-bond donors (Lipinski definition) is 1. The highest BCUT2D eigenvalue weighted by Gasteiger charge is 2.38. The van der Waals surface area contributed by atoms with Crippen LogP contribution in [0, 0.1) is 18.7 Å². The summed E-state index contributed by atoms with van der Waals surface area (Å²) in [6.07, 6.45) is 10.8. The summed E-state index contributed by atoms with van der Waals surface area (Å²) in [4.78, 5) is 15.2. The van der Waals surface area contributed by atoms with Crippen LogP contribution in [0.15, 0.2) is 54.6 Å². The summed E-state index contributed by atoms with van der Waals surface area (Å²) in [7, 11) is 1.46. The van der Waals surface area contributed by atoms with Gasteiger partial charge in [0.1, 0.15) is 6.61 Å². The summed E-state index contributed by atoms with van der Waals surface area (Å²) in [5.74, 6) is 2.21. The van der Waals surface area contributed by atoms with Crippen LogP contribution >= 0.6 is 0 Å². The Morgan fingerprint density at radius 3 is 2.39 bits per heavy atom. The van der Waals surface area contributed by atoms with E-state index in [1.165, 1.54) is 45.3 Å². The SMILES string of the molecule is CCCCCC.COc1ccc(C2(C)COc3cccc(C4CCN(CC(C)Nc5ccc(C(=O)C6CCC6)cc5C)CC4)c3O2)cc1F. The molecule has 7 heteroatoms. The van der Waals surface area contributed by atoms with Gasteiger partial charge in [-0.25, -0.2) is 4.39 Å². The van der Waals surface area contributed by atoms with Crippen LogP contribution in [0.1, 0.15) is 118 Å². The molecule has 3 aromatic rings. The number of Topliss-reactive ketones (excluding diaryl/α,β-unsaturated/α-hetero) is 1. The third-order valence-corrected chi connectivity index (χ3v) is 10.5. The van der Waals surface area contributed by atoms with Gasteiger partial charge in [0.2, 0.25) is 0 Å². The highest BCUT2D eigenvalue weighted by Crippen LogP contribution is 2.46. The Morgan fingerprint density at radius 2 is 1.78 bits per heavy atom. The van der Waals surface area contributed by atoms with Crippen molar-refractivity contribution < 1.29 is 23.4 Å². The summed E-state index contributed by atoms with van der Waals surface area (Å²) < 4.78 is 32.5. The molecule has 2 unspecified atom stereocenters. The molecule has 0 bridgehead atoms. The molecule has 2 aliphatic heterocycles. The van der Waals surface area contributed by atoms with Crippen molar-refractivity contribution in [2.24, 2.45) is 5.92 Å². The number of anilines is 1. The number of nitrogens with one attached hydrogen (secondary N) is 1. The number of ether oxygens (including phenoxy) is 3. The largest absolute Gasteiger partial charge is 0.494 e. The third-order valence-electron chi connectivity index (χ3n) is 10.5. The van der Waals surface area contributed by atoms with Gasteiger partial charge in [-0.1, -0.05) is 64.2 Å². The van der Waals surface area contributed by atoms with Crippen molar-refractivity contribution in [3.8, 4) is 17.2 Å². The van der Waals surface area contributed by atoms with Crippen LogP contribution in [0.5, 0.6) is 17.2 Å². The van der Waals surface area contributed by atoms with Crippen LogP contribution in [-0.2, 0) is 5.60 Å². The summed E-state index contributed by atoms with van der Waals surface area (Å²) in [5, 5.41) is 3.68. The van der Waals surface area contributed by atoms with E-state index in [0.29, 0.717) is 18.3 Å². The minimum absolute atomic E-state index is 0.213. The fraction of sp³-hybridized carbons (Fsp3) is 0.548. The number of halogens is 1. The Morgan fingerprint density at radius 1 is 1.04 bits per heavy atom. The maximum Gasteiger partial charge on any atom is 0.166 e. The summed E-state index contributed by atoms with van der Waals surface area (Å²) >= 11 is 0. The lowest BCUT2D eigenvalue weighted by Crippen LogP contribution is -2.41. The normalized spacial score (nSPS) is 20.1. The molecule has 1 saturated carbocycles. The van der Waals surface area contributed by atoms with Crippen LogP contribution in [-0.4, -0.2) is 50.1 Å². The Bertz CT molecular complexity index is 1540. The number of piperidine rings is 1. The number of benzene rings is 3. The van der Waals surface area contributed by atoms with E-state index in [1.54, 1.807) is 6.07 Å². The van der Waals surface area contributed by atoms with E-state index in [0.717, 1.165) is 84.8 Å². The smallest absolute Gasteiger partial charge is 0.166 e. The molecule has 0 spiro atoms. The quantitative estimate of drug-likeness (QED) is 0.153. The minimum Gasteiger partial charge on any atom is -0.494 e. The van der Waals surface area contributed by atoms with Gasteiger partial charge < -0.3 is 24.4 Å². The van der Waals surface area contributed by atoms with Crippen LogP contribution in [0.4, 0.5) is 10.1 Å². The number of carbonyl (C=O) groups excluding carboxylic acids is 1. The average Bonchev–Trinajstić information content (AvgIpc) is 3.07. The molecule has 266 valence electrons. The number of rotatable bonds is 12. The molecule has 1 saturated heterocycles. The lowest BCUT2D eigenvalue weighted by molar-refractivity contribution is 0.000486. The molecule has 3 aliphatic rings. The Kier molecular flexibility index (Phi) is 12.6. The number of fused-ring (bicyclic) bond motifs is 1. The second-order valence-corrected chi connectivity index (χ2v) is 14.5. The number of methoxy groups -OCH3 is 1. The maximum absolute atomic E-state index is 14.6. The lowest BCUT2D eigenvalue weighted by Gasteiger charge is -2.39. The number of ketones is 1. The molecule has 0 amide bonds. The Balaban J connectivity index is 0.000000717. The van der Waals surface area contributed by atoms with Gasteiger partial charge in [0.25, 0.3) is 0 Å². The van der Waals surface area contributed by atoms with E-state index in [2.05, 4.69) is 50.0 Å². The lowest BCUT2D eigenvalue weighted by atomic mass is 9.80. The zero-order valence-electron chi connectivity index (χ0n) is 30.6. The van der Waals surface area contributed by atoms with E-state index < -0.39 is 11.4 Å². The Hall–Kier alpha value is -3.58. The molecule has 49 heavy (non-hydrogen) atoms. The van der Waals surface area contributed by atoms with Crippen LogP contribution in [0.25, 0.3) is 0 Å². The summed E-state index contributed by atoms with van der Waals surface area (Å²) in [6, 6.07) is 17.5. The van der Waals surface area contributed by atoms with Crippen molar-refractivity contribution in [1.82, 2.24) is 4.90 Å². The molecule has 6 rings (SSSR count). The summed E-state index contributed by atoms with van der Waals surface area (Å²) in [6.45, 7) is 14.0. The zero-order chi connectivity index (χ0) is 35.0. The molecular formula is C42H57FN2O4. The molecule has 6 nitrogen and oxygen atoms in total. The number of carbonyl (C=O) groups is 1. The van der Waals surface area contributed by atoms with Gasteiger partial charge in [0.15, 0.2) is 34.5 Å². The summed E-state index contributed by atoms with van der Waals surface area (Å²) in [5.41, 5.74) is 4.14. The number of aryl methyl sites for hydroxylation is 1. The highest BCUT2D eigenvalue weighted by molar-refractivity contribution is 5.98. The van der Waals surface area contributed by atoms with Gasteiger partial charge in [0.05, 0.1) is 7.11 Å². The molecule has 2 heterocycles. The predicted molar refractivity (Wildman–Crippen MR) is 197 cm³/mol. The number of unbranched alkanes of at least 4 members (excludes halogenated alkanes) is 3. The van der Waals surface area contributed by atoms with Crippen LogP contribution in [0.3, 0.4) is 0 Å². The van der Waals surface area contributed by atoms with Gasteiger partial charge in [0, 0.05) is 40.9 Å². The van der Waals surface area contributed by atoms with Crippen molar-refractivity contribution in [1.29, 1.82) is 0 Å². The highest BCUT2D eigenvalue weighted by atomic mass is 19.1. The molecule has 0 aromatic heterocycles. The molecule has 1 aliphatic carbocycles. The second-order valence-electron chi connectivity index (χ2n) is 14.5. The topological polar surface area (TPSA) is 60.0 Å². The van der Waals surface area contributed by atoms with Gasteiger partial charge in [-0.2, -0.15) is 0 Å². The first-order valence-electron chi connectivity index (χ1n) is 18.6. The molecule has 2 atom stereocenters. The molecule has 3 aromatic carbocycles. The van der Waals surface area contributed by atoms with E-state index in [9.17, 15) is 9.18 Å². The van der Waals surface area contributed by atoms with Gasteiger partial charge in [-0.05, 0) is 107 Å². The number of hydrogen-bond acceptors (Lipinski definition) is 6. The van der Waals surface area contributed by atoms with Crippen molar-refractivity contribution in [3.63, 3.8) is 0 Å². The Labute approximate surface area is 293 Å². The average molecular weight is 673 g/mol. The van der Waals surface area contributed by atoms with Crippen LogP contribution in [0.2, 0.25) is 0 Å². The minimum atomic E-state index is -0.807. The number of para-hydroxylation sites is 1. The van der Waals surface area contributed by atoms with Gasteiger partial charge in [-0.15, -0.1) is 0 Å². The molecule has 1 N–H and O–H groups in total. The third kappa shape index (κ3) is 8.97. The predicted octanol–water partition coefficient (Wildman–Crippen LogP) is 10.1. The van der Waals surface area contributed by atoms with Gasteiger partial charge >= 0.3 is 0 Å². The number of nitrogens with zero attached hydrogens (tertiary/aromatic N) is 1. The fourth-order valence-electron chi connectivity index (χ4n) is 7.19. The molecular weight excluding hydrogens is 615 g/mol. The standard InChI is InChI=1S/C36H43FN2O4.C6H14/c1-23-19-27(34(40)26-7-5-8-26)11-13-31(23)38-24(2)21-39-17-15-25(16-18-39)29-9-6-10-33-35(29)43-36(3,22-42-33)28-12-14-32(41-4)30(37)20-28;1-3-5-6-4-2/h6,9-14,19-20,24-26,38H,5,7-8,15-18,21-22H2,1-4H3;3-6H2,1-2H3. The first-order chi connectivity index (χ1) is 23.6. The second kappa shape index (κ2) is 16.9. The first kappa shape index (κ1) is 36.7. The van der Waals surface area contributed by atoms with E-state index in [-0.39, 0.29) is 17.7 Å². The first-order valence-corrected chi connectivity index (χ1v) is 18.6. The molecule has 2 fully saturated rings. The maximum atomic E-state index is 14.6. The van der Waals surface area contributed by atoms with Crippen molar-refractivity contribution in [2.75, 3.05) is 38.7 Å². The van der Waals surface area contributed by atoms with Crippen molar-refractivity contribution in [3.05, 3.63) is 82.7 Å². The van der Waals surface area contributed by atoms with Crippen molar-refractivity contribution >= 4 is 11.5 Å². The van der Waals surface area contributed by atoms with E-state index in [4.69, 9.17) is 14.2 Å².